The van der Waals surface area contributed by atoms with E-state index in [0.29, 0.717) is 34.4 Å². The predicted octanol–water partition coefficient (Wildman–Crippen LogP) is 6.90. The number of anilines is 2. The van der Waals surface area contributed by atoms with Gasteiger partial charge in [0.2, 0.25) is 0 Å². The van der Waals surface area contributed by atoms with Crippen LogP contribution < -0.4 is 20.1 Å². The summed E-state index contributed by atoms with van der Waals surface area (Å²) in [5.41, 5.74) is 3.54. The average molecular weight is 394 g/mol. The van der Waals surface area contributed by atoms with Gasteiger partial charge < -0.3 is 20.1 Å². The standard InChI is InChI=1S/C25H18N2O3/c28-25(26-19-12-10-18(11-13-19)17-6-2-1-3-7-17)27-20-14-15-23-24(16-20)30-22-9-5-4-8-21(22)29-23/h1-16H,(H2,26,27,28). The maximum atomic E-state index is 12.4. The Morgan fingerprint density at radius 2 is 1.07 bits per heavy atom. The molecule has 4 aromatic rings. The van der Waals surface area contributed by atoms with Gasteiger partial charge in [0.15, 0.2) is 23.0 Å². The first-order valence-corrected chi connectivity index (χ1v) is 9.57. The summed E-state index contributed by atoms with van der Waals surface area (Å²) in [7, 11) is 0. The van der Waals surface area contributed by atoms with Crippen LogP contribution in [0.4, 0.5) is 16.2 Å². The molecule has 0 saturated carbocycles. The van der Waals surface area contributed by atoms with Crippen molar-refractivity contribution in [3.63, 3.8) is 0 Å². The molecule has 0 aliphatic carbocycles. The molecule has 0 spiro atoms. The van der Waals surface area contributed by atoms with Crippen molar-refractivity contribution in [2.75, 3.05) is 10.6 Å². The molecule has 2 N–H and O–H groups in total. The van der Waals surface area contributed by atoms with Gasteiger partial charge >= 0.3 is 6.03 Å². The summed E-state index contributed by atoms with van der Waals surface area (Å²) in [5, 5.41) is 5.67. The molecule has 1 aliphatic rings. The number of carbonyl (C=O) groups excluding carboxylic acids is 1. The summed E-state index contributed by atoms with van der Waals surface area (Å²) in [5.74, 6) is 2.47. The summed E-state index contributed by atoms with van der Waals surface area (Å²) < 4.78 is 11.7. The van der Waals surface area contributed by atoms with Crippen LogP contribution in [-0.4, -0.2) is 6.03 Å². The Morgan fingerprint density at radius 3 is 1.80 bits per heavy atom. The van der Waals surface area contributed by atoms with E-state index in [0.717, 1.165) is 11.1 Å². The van der Waals surface area contributed by atoms with Gasteiger partial charge in [-0.05, 0) is 47.5 Å². The van der Waals surface area contributed by atoms with Gasteiger partial charge in [-0.2, -0.15) is 0 Å². The number of hydrogen-bond acceptors (Lipinski definition) is 3. The molecule has 0 unspecified atom stereocenters. The van der Waals surface area contributed by atoms with Gasteiger partial charge in [-0.25, -0.2) is 4.79 Å². The number of hydrogen-bond donors (Lipinski definition) is 2. The van der Waals surface area contributed by atoms with Crippen LogP contribution in [0.2, 0.25) is 0 Å². The van der Waals surface area contributed by atoms with E-state index in [-0.39, 0.29) is 6.03 Å². The smallest absolute Gasteiger partial charge is 0.323 e. The summed E-state index contributed by atoms with van der Waals surface area (Å²) in [4.78, 5) is 12.4. The molecular weight excluding hydrogens is 376 g/mol. The van der Waals surface area contributed by atoms with Crippen LogP contribution >= 0.6 is 0 Å². The molecule has 0 bridgehead atoms. The third kappa shape index (κ3) is 3.69. The molecule has 146 valence electrons. The van der Waals surface area contributed by atoms with Crippen molar-refractivity contribution in [3.05, 3.63) is 97.1 Å². The van der Waals surface area contributed by atoms with Crippen molar-refractivity contribution in [2.24, 2.45) is 0 Å². The van der Waals surface area contributed by atoms with Crippen LogP contribution in [0.5, 0.6) is 23.0 Å². The molecule has 0 aromatic heterocycles. The molecular formula is C25H18N2O3. The fourth-order valence-corrected chi connectivity index (χ4v) is 3.28. The lowest BCUT2D eigenvalue weighted by Crippen LogP contribution is -2.19. The molecule has 0 saturated heterocycles. The number of urea groups is 1. The van der Waals surface area contributed by atoms with E-state index in [4.69, 9.17) is 9.47 Å². The Kier molecular flexibility index (Phi) is 4.54. The lowest BCUT2D eigenvalue weighted by molar-refractivity contribution is 0.262. The van der Waals surface area contributed by atoms with Crippen molar-refractivity contribution in [1.29, 1.82) is 0 Å². The predicted molar refractivity (Wildman–Crippen MR) is 118 cm³/mol. The van der Waals surface area contributed by atoms with E-state index < -0.39 is 0 Å². The first-order chi connectivity index (χ1) is 14.7. The third-order valence-corrected chi connectivity index (χ3v) is 4.74. The van der Waals surface area contributed by atoms with E-state index in [1.54, 1.807) is 18.2 Å². The monoisotopic (exact) mass is 394 g/mol. The van der Waals surface area contributed by atoms with Crippen LogP contribution in [0.15, 0.2) is 97.1 Å². The summed E-state index contributed by atoms with van der Waals surface area (Å²) in [6.07, 6.45) is 0. The zero-order valence-electron chi connectivity index (χ0n) is 16.0. The van der Waals surface area contributed by atoms with Crippen LogP contribution in [0.1, 0.15) is 0 Å². The Hall–Kier alpha value is -4.25. The van der Waals surface area contributed by atoms with Crippen LogP contribution in [0.25, 0.3) is 11.1 Å². The quantitative estimate of drug-likeness (QED) is 0.350. The zero-order chi connectivity index (χ0) is 20.3. The van der Waals surface area contributed by atoms with E-state index in [2.05, 4.69) is 22.8 Å². The Balaban J connectivity index is 1.25. The molecule has 0 radical (unpaired) electrons. The maximum absolute atomic E-state index is 12.4. The van der Waals surface area contributed by atoms with Crippen LogP contribution in [0, 0.1) is 0 Å². The summed E-state index contributed by atoms with van der Waals surface area (Å²) in [6.45, 7) is 0. The fraction of sp³-hybridized carbons (Fsp3) is 0. The molecule has 30 heavy (non-hydrogen) atoms. The van der Waals surface area contributed by atoms with Crippen molar-refractivity contribution in [1.82, 2.24) is 0 Å². The first kappa shape index (κ1) is 17.8. The number of benzene rings is 4. The number of rotatable bonds is 3. The Bertz CT molecular complexity index is 1200. The number of para-hydroxylation sites is 2. The second kappa shape index (κ2) is 7.64. The second-order valence-corrected chi connectivity index (χ2v) is 6.83. The molecule has 5 nitrogen and oxygen atoms in total. The Morgan fingerprint density at radius 1 is 0.533 bits per heavy atom. The maximum Gasteiger partial charge on any atom is 0.323 e. The first-order valence-electron chi connectivity index (χ1n) is 9.57. The molecule has 5 rings (SSSR count). The van der Waals surface area contributed by atoms with Gasteiger partial charge in [-0.3, -0.25) is 0 Å². The molecule has 1 heterocycles. The lowest BCUT2D eigenvalue weighted by atomic mass is 10.1. The number of fused-ring (bicyclic) bond motifs is 2. The van der Waals surface area contributed by atoms with Gasteiger partial charge in [0.05, 0.1) is 0 Å². The highest BCUT2D eigenvalue weighted by Gasteiger charge is 2.18. The normalized spacial score (nSPS) is 11.3. The Labute approximate surface area is 173 Å². The van der Waals surface area contributed by atoms with Crippen molar-refractivity contribution in [2.45, 2.75) is 0 Å². The highest BCUT2D eigenvalue weighted by molar-refractivity contribution is 6.00. The highest BCUT2D eigenvalue weighted by atomic mass is 16.6. The SMILES string of the molecule is O=C(Nc1ccc(-c2ccccc2)cc1)Nc1ccc2c(c1)Oc1ccccc1O2. The highest BCUT2D eigenvalue weighted by Crippen LogP contribution is 2.45. The van der Waals surface area contributed by atoms with Crippen molar-refractivity contribution in [3.8, 4) is 34.1 Å². The van der Waals surface area contributed by atoms with Gasteiger partial charge in [0.25, 0.3) is 0 Å². The van der Waals surface area contributed by atoms with E-state index in [1.165, 1.54) is 0 Å². The van der Waals surface area contributed by atoms with Crippen LogP contribution in [0.3, 0.4) is 0 Å². The van der Waals surface area contributed by atoms with Gasteiger partial charge in [-0.15, -0.1) is 0 Å². The van der Waals surface area contributed by atoms with Gasteiger partial charge in [0.1, 0.15) is 0 Å². The van der Waals surface area contributed by atoms with Gasteiger partial charge in [-0.1, -0.05) is 54.6 Å². The zero-order valence-corrected chi connectivity index (χ0v) is 16.0. The molecule has 0 atom stereocenters. The molecule has 2 amide bonds. The topological polar surface area (TPSA) is 59.6 Å². The summed E-state index contributed by atoms with van der Waals surface area (Å²) in [6, 6.07) is 30.2. The minimum absolute atomic E-state index is 0.334. The van der Waals surface area contributed by atoms with Crippen LogP contribution in [-0.2, 0) is 0 Å². The molecule has 0 fully saturated rings. The molecule has 4 aromatic carbocycles. The summed E-state index contributed by atoms with van der Waals surface area (Å²) >= 11 is 0. The largest absolute Gasteiger partial charge is 0.450 e. The lowest BCUT2D eigenvalue weighted by Gasteiger charge is -2.21. The number of carbonyl (C=O) groups is 1. The van der Waals surface area contributed by atoms with Crippen molar-refractivity contribution < 1.29 is 14.3 Å². The average Bonchev–Trinajstić information content (AvgIpc) is 2.79. The number of nitrogens with one attached hydrogen (secondary N) is 2. The minimum Gasteiger partial charge on any atom is -0.450 e. The fourth-order valence-electron chi connectivity index (χ4n) is 3.28. The number of amides is 2. The third-order valence-electron chi connectivity index (χ3n) is 4.74. The van der Waals surface area contributed by atoms with E-state index in [9.17, 15) is 4.79 Å². The number of ether oxygens (including phenoxy) is 2. The second-order valence-electron chi connectivity index (χ2n) is 6.83. The van der Waals surface area contributed by atoms with Gasteiger partial charge in [0, 0.05) is 17.4 Å². The molecule has 1 aliphatic heterocycles. The van der Waals surface area contributed by atoms with Crippen molar-refractivity contribution >= 4 is 17.4 Å². The molecule has 5 heteroatoms. The van der Waals surface area contributed by atoms with E-state index in [1.807, 2.05) is 66.7 Å². The minimum atomic E-state index is -0.334. The van der Waals surface area contributed by atoms with E-state index >= 15 is 0 Å².